The van der Waals surface area contributed by atoms with Crippen molar-refractivity contribution < 1.29 is 5.21 Å². The Balaban J connectivity index is 3.00. The van der Waals surface area contributed by atoms with E-state index in [9.17, 15) is 0 Å². The minimum Gasteiger partial charge on any atom is -0.411 e. The molecular formula is C7H7N3O. The van der Waals surface area contributed by atoms with E-state index in [0.717, 1.165) is 6.21 Å². The summed E-state index contributed by atoms with van der Waals surface area (Å²) < 4.78 is 0. The Morgan fingerprint density at radius 3 is 2.82 bits per heavy atom. The number of hydrogen-bond donors (Lipinski definition) is 2. The van der Waals surface area contributed by atoms with Gasteiger partial charge in [0.1, 0.15) is 0 Å². The summed E-state index contributed by atoms with van der Waals surface area (Å²) in [6.07, 6.45) is 2.35. The smallest absolute Gasteiger partial charge is 0.0918 e. The molecule has 0 aliphatic carbocycles. The van der Waals surface area contributed by atoms with Crippen LogP contribution in [0.25, 0.3) is 0 Å². The molecule has 4 heteroatoms. The van der Waals surface area contributed by atoms with Gasteiger partial charge < -0.3 is 10.6 Å². The van der Waals surface area contributed by atoms with Crippen molar-refractivity contribution in [3.8, 4) is 0 Å². The Kier molecular flexibility index (Phi) is 2.32. The molecule has 56 valence electrons. The van der Waals surface area contributed by atoms with Crippen LogP contribution in [0.5, 0.6) is 0 Å². The third-order valence-electron chi connectivity index (χ3n) is 1.13. The van der Waals surface area contributed by atoms with E-state index in [4.69, 9.17) is 10.6 Å². The fourth-order valence-corrected chi connectivity index (χ4v) is 0.680. The quantitative estimate of drug-likeness (QED) is 0.372. The zero-order valence-electron chi connectivity index (χ0n) is 5.73. The second-order valence-electron chi connectivity index (χ2n) is 1.88. The third-order valence-corrected chi connectivity index (χ3v) is 1.13. The van der Waals surface area contributed by atoms with Gasteiger partial charge in [-0.15, -0.1) is 0 Å². The van der Waals surface area contributed by atoms with Gasteiger partial charge in [0, 0.05) is 6.21 Å². The van der Waals surface area contributed by atoms with Crippen LogP contribution in [-0.4, -0.2) is 22.6 Å². The summed E-state index contributed by atoms with van der Waals surface area (Å²) in [4.78, 5) is 3.93. The number of aromatic nitrogens is 1. The minimum absolute atomic E-state index is 0.536. The topological polar surface area (TPSA) is 69.3 Å². The molecule has 4 nitrogen and oxygen atoms in total. The molecule has 1 rings (SSSR count). The summed E-state index contributed by atoms with van der Waals surface area (Å²) >= 11 is 0. The van der Waals surface area contributed by atoms with Gasteiger partial charge in [-0.3, -0.25) is 0 Å². The molecule has 0 saturated heterocycles. The van der Waals surface area contributed by atoms with Crippen LogP contribution in [0.3, 0.4) is 0 Å². The van der Waals surface area contributed by atoms with Crippen molar-refractivity contribution in [2.45, 2.75) is 0 Å². The molecule has 0 bridgehead atoms. The van der Waals surface area contributed by atoms with Crippen LogP contribution in [0.1, 0.15) is 11.4 Å². The van der Waals surface area contributed by atoms with Gasteiger partial charge in [0.25, 0.3) is 0 Å². The first-order valence-corrected chi connectivity index (χ1v) is 3.02. The fourth-order valence-electron chi connectivity index (χ4n) is 0.680. The van der Waals surface area contributed by atoms with E-state index in [-0.39, 0.29) is 0 Å². The first-order chi connectivity index (χ1) is 5.36. The molecule has 11 heavy (non-hydrogen) atoms. The average molecular weight is 149 g/mol. The minimum atomic E-state index is 0.536. The lowest BCUT2D eigenvalue weighted by Gasteiger charge is -1.91. The highest BCUT2D eigenvalue weighted by Gasteiger charge is 1.90. The Labute approximate surface area is 63.7 Å². The molecule has 0 saturated carbocycles. The number of nitrogens with one attached hydrogen (secondary N) is 1. The average Bonchev–Trinajstić information content (AvgIpc) is 2.06. The number of oxime groups is 1. The molecule has 0 unspecified atom stereocenters. The largest absolute Gasteiger partial charge is 0.411 e. The van der Waals surface area contributed by atoms with Crippen LogP contribution in [0.15, 0.2) is 23.4 Å². The van der Waals surface area contributed by atoms with Crippen molar-refractivity contribution in [3.63, 3.8) is 0 Å². The number of hydrogen-bond acceptors (Lipinski definition) is 4. The van der Waals surface area contributed by atoms with Gasteiger partial charge in [0.05, 0.1) is 17.6 Å². The highest BCUT2D eigenvalue weighted by molar-refractivity contribution is 5.80. The summed E-state index contributed by atoms with van der Waals surface area (Å²) in [7, 11) is 0. The van der Waals surface area contributed by atoms with E-state index in [1.165, 1.54) is 6.21 Å². The van der Waals surface area contributed by atoms with Crippen LogP contribution in [0, 0.1) is 5.41 Å². The van der Waals surface area contributed by atoms with Gasteiger partial charge in [-0.1, -0.05) is 11.2 Å². The molecule has 0 aliphatic rings. The molecule has 0 radical (unpaired) electrons. The van der Waals surface area contributed by atoms with Crippen molar-refractivity contribution in [2.24, 2.45) is 5.16 Å². The Bertz CT molecular complexity index is 283. The first-order valence-electron chi connectivity index (χ1n) is 3.02. The monoisotopic (exact) mass is 149 g/mol. The lowest BCUT2D eigenvalue weighted by atomic mass is 10.3. The molecule has 0 spiro atoms. The van der Waals surface area contributed by atoms with Crippen molar-refractivity contribution in [1.82, 2.24) is 4.98 Å². The van der Waals surface area contributed by atoms with Gasteiger partial charge in [0.15, 0.2) is 0 Å². The van der Waals surface area contributed by atoms with E-state index >= 15 is 0 Å². The Morgan fingerprint density at radius 1 is 1.45 bits per heavy atom. The van der Waals surface area contributed by atoms with Crippen LogP contribution < -0.4 is 0 Å². The van der Waals surface area contributed by atoms with E-state index < -0.39 is 0 Å². The molecule has 0 aliphatic heterocycles. The second-order valence-corrected chi connectivity index (χ2v) is 1.88. The van der Waals surface area contributed by atoms with Crippen molar-refractivity contribution in [2.75, 3.05) is 0 Å². The summed E-state index contributed by atoms with van der Waals surface area (Å²) in [6, 6.07) is 5.12. The molecule has 1 heterocycles. The molecule has 0 atom stereocenters. The number of nitrogens with zero attached hydrogens (tertiary/aromatic N) is 2. The second kappa shape index (κ2) is 3.46. The van der Waals surface area contributed by atoms with Gasteiger partial charge >= 0.3 is 0 Å². The van der Waals surface area contributed by atoms with E-state index in [1.807, 2.05) is 0 Å². The lowest BCUT2D eigenvalue weighted by Crippen LogP contribution is -1.91. The maximum Gasteiger partial charge on any atom is 0.0918 e. The van der Waals surface area contributed by atoms with Gasteiger partial charge in [-0.05, 0) is 12.1 Å². The standard InChI is InChI=1S/C7H7N3O/c8-4-6-2-1-3-7(10-6)5-9-11/h1-5,8,11H/b8-4?,9-5+. The molecule has 1 aromatic heterocycles. The summed E-state index contributed by atoms with van der Waals surface area (Å²) in [5.74, 6) is 0. The Morgan fingerprint density at radius 2 is 2.18 bits per heavy atom. The predicted octanol–water partition coefficient (Wildman–Crippen LogP) is 0.887. The van der Waals surface area contributed by atoms with Gasteiger partial charge in [-0.25, -0.2) is 4.98 Å². The molecule has 0 amide bonds. The summed E-state index contributed by atoms with van der Waals surface area (Å²) in [6.45, 7) is 0. The van der Waals surface area contributed by atoms with Crippen LogP contribution in [-0.2, 0) is 0 Å². The zero-order chi connectivity index (χ0) is 8.10. The number of rotatable bonds is 2. The lowest BCUT2D eigenvalue weighted by molar-refractivity contribution is 0.321. The van der Waals surface area contributed by atoms with Crippen LogP contribution >= 0.6 is 0 Å². The van der Waals surface area contributed by atoms with Gasteiger partial charge in [0.2, 0.25) is 0 Å². The molecule has 2 N–H and O–H groups in total. The molecule has 1 aromatic rings. The highest BCUT2D eigenvalue weighted by atomic mass is 16.4. The third kappa shape index (κ3) is 1.86. The summed E-state index contributed by atoms with van der Waals surface area (Å²) in [5.41, 5.74) is 1.08. The molecule has 0 fully saturated rings. The maximum atomic E-state index is 8.16. The fraction of sp³-hybridized carbons (Fsp3) is 0. The normalized spacial score (nSPS) is 10.2. The SMILES string of the molecule is N=Cc1cccc(/C=N/O)n1. The predicted molar refractivity (Wildman–Crippen MR) is 41.5 cm³/mol. The number of pyridine rings is 1. The highest BCUT2D eigenvalue weighted by Crippen LogP contribution is 1.93. The Hall–Kier alpha value is -1.71. The van der Waals surface area contributed by atoms with Crippen molar-refractivity contribution in [1.29, 1.82) is 5.41 Å². The summed E-state index contributed by atoms with van der Waals surface area (Å²) in [5, 5.41) is 17.9. The molecular weight excluding hydrogens is 142 g/mol. The molecule has 0 aromatic carbocycles. The maximum absolute atomic E-state index is 8.16. The zero-order valence-corrected chi connectivity index (χ0v) is 5.73. The first kappa shape index (κ1) is 7.40. The van der Waals surface area contributed by atoms with Crippen molar-refractivity contribution >= 4 is 12.4 Å². The van der Waals surface area contributed by atoms with Gasteiger partial charge in [-0.2, -0.15) is 0 Å². The van der Waals surface area contributed by atoms with Crippen LogP contribution in [0.2, 0.25) is 0 Å². The van der Waals surface area contributed by atoms with E-state index in [1.54, 1.807) is 18.2 Å². The van der Waals surface area contributed by atoms with E-state index in [0.29, 0.717) is 11.4 Å². The van der Waals surface area contributed by atoms with Crippen molar-refractivity contribution in [3.05, 3.63) is 29.6 Å². The van der Waals surface area contributed by atoms with E-state index in [2.05, 4.69) is 10.1 Å². The van der Waals surface area contributed by atoms with Crippen LogP contribution in [0.4, 0.5) is 0 Å².